The SMILES string of the molecule is Cc1ccc(-c2cn3c(n2)CO[C@@H](CNC(C)C)C3)cc1. The van der Waals surface area contributed by atoms with Crippen molar-refractivity contribution in [2.45, 2.75) is 46.1 Å². The van der Waals surface area contributed by atoms with Crippen molar-refractivity contribution in [2.24, 2.45) is 0 Å². The van der Waals surface area contributed by atoms with Gasteiger partial charge in [0.15, 0.2) is 0 Å². The number of imidazole rings is 1. The maximum absolute atomic E-state index is 5.88. The summed E-state index contributed by atoms with van der Waals surface area (Å²) in [6.07, 6.45) is 2.37. The van der Waals surface area contributed by atoms with E-state index in [1.807, 2.05) is 0 Å². The molecule has 1 aliphatic heterocycles. The lowest BCUT2D eigenvalue weighted by molar-refractivity contribution is 0.00200. The van der Waals surface area contributed by atoms with E-state index >= 15 is 0 Å². The van der Waals surface area contributed by atoms with Gasteiger partial charge in [-0.15, -0.1) is 0 Å². The molecule has 0 amide bonds. The highest BCUT2D eigenvalue weighted by molar-refractivity contribution is 5.59. The zero-order valence-corrected chi connectivity index (χ0v) is 13.0. The van der Waals surface area contributed by atoms with Gasteiger partial charge in [0.05, 0.1) is 18.3 Å². The molecule has 2 aromatic rings. The van der Waals surface area contributed by atoms with Gasteiger partial charge in [0, 0.05) is 24.3 Å². The summed E-state index contributed by atoms with van der Waals surface area (Å²) in [7, 11) is 0. The summed E-state index contributed by atoms with van der Waals surface area (Å²) in [5.74, 6) is 1.02. The van der Waals surface area contributed by atoms with Crippen LogP contribution in [-0.4, -0.2) is 28.2 Å². The highest BCUT2D eigenvalue weighted by atomic mass is 16.5. The third kappa shape index (κ3) is 3.34. The molecule has 0 fully saturated rings. The fourth-order valence-electron chi connectivity index (χ4n) is 2.55. The Morgan fingerprint density at radius 2 is 2.10 bits per heavy atom. The topological polar surface area (TPSA) is 39.1 Å². The molecule has 4 heteroatoms. The molecule has 0 unspecified atom stereocenters. The third-order valence-corrected chi connectivity index (χ3v) is 3.81. The Hall–Kier alpha value is -1.65. The maximum atomic E-state index is 5.88. The van der Waals surface area contributed by atoms with Crippen molar-refractivity contribution in [1.82, 2.24) is 14.9 Å². The van der Waals surface area contributed by atoms with E-state index in [2.05, 4.69) is 61.1 Å². The maximum Gasteiger partial charge on any atom is 0.135 e. The molecular formula is C17H23N3O. The van der Waals surface area contributed by atoms with Crippen molar-refractivity contribution in [3.05, 3.63) is 41.9 Å². The van der Waals surface area contributed by atoms with Crippen LogP contribution in [0.5, 0.6) is 0 Å². The van der Waals surface area contributed by atoms with Gasteiger partial charge in [0.2, 0.25) is 0 Å². The molecule has 0 saturated carbocycles. The van der Waals surface area contributed by atoms with E-state index in [0.29, 0.717) is 12.6 Å². The van der Waals surface area contributed by atoms with E-state index in [1.54, 1.807) is 0 Å². The van der Waals surface area contributed by atoms with Gasteiger partial charge in [0.25, 0.3) is 0 Å². The Bertz CT molecular complexity index is 601. The molecule has 112 valence electrons. The highest BCUT2D eigenvalue weighted by Crippen LogP contribution is 2.22. The van der Waals surface area contributed by atoms with Crippen LogP contribution in [0.15, 0.2) is 30.5 Å². The first-order chi connectivity index (χ1) is 10.1. The monoisotopic (exact) mass is 285 g/mol. The smallest absolute Gasteiger partial charge is 0.135 e. The first-order valence-electron chi connectivity index (χ1n) is 7.60. The van der Waals surface area contributed by atoms with E-state index in [1.165, 1.54) is 11.1 Å². The number of hydrogen-bond donors (Lipinski definition) is 1. The molecule has 0 saturated heterocycles. The summed E-state index contributed by atoms with van der Waals surface area (Å²) in [5.41, 5.74) is 3.47. The van der Waals surface area contributed by atoms with Crippen LogP contribution in [-0.2, 0) is 17.9 Å². The molecule has 0 spiro atoms. The second-order valence-corrected chi connectivity index (χ2v) is 6.06. The van der Waals surface area contributed by atoms with Gasteiger partial charge in [0.1, 0.15) is 12.4 Å². The normalized spacial score (nSPS) is 18.0. The highest BCUT2D eigenvalue weighted by Gasteiger charge is 2.21. The third-order valence-electron chi connectivity index (χ3n) is 3.81. The Morgan fingerprint density at radius 3 is 2.81 bits per heavy atom. The number of benzene rings is 1. The first kappa shape index (κ1) is 14.3. The van der Waals surface area contributed by atoms with Crippen LogP contribution in [0.3, 0.4) is 0 Å². The minimum absolute atomic E-state index is 0.222. The van der Waals surface area contributed by atoms with Crippen molar-refractivity contribution in [2.75, 3.05) is 6.54 Å². The van der Waals surface area contributed by atoms with Crippen molar-refractivity contribution in [1.29, 1.82) is 0 Å². The van der Waals surface area contributed by atoms with Crippen LogP contribution in [0.1, 0.15) is 25.2 Å². The Balaban J connectivity index is 1.73. The molecule has 2 heterocycles. The average molecular weight is 285 g/mol. The number of ether oxygens (including phenoxy) is 1. The lowest BCUT2D eigenvalue weighted by Gasteiger charge is -2.25. The van der Waals surface area contributed by atoms with Gasteiger partial charge in [-0.3, -0.25) is 0 Å². The largest absolute Gasteiger partial charge is 0.367 e. The fourth-order valence-corrected chi connectivity index (χ4v) is 2.55. The molecule has 1 aromatic carbocycles. The molecular weight excluding hydrogens is 262 g/mol. The van der Waals surface area contributed by atoms with Gasteiger partial charge < -0.3 is 14.6 Å². The molecule has 4 nitrogen and oxygen atoms in total. The van der Waals surface area contributed by atoms with Crippen molar-refractivity contribution >= 4 is 0 Å². The van der Waals surface area contributed by atoms with Crippen molar-refractivity contribution < 1.29 is 4.74 Å². The average Bonchev–Trinajstić information content (AvgIpc) is 2.88. The van der Waals surface area contributed by atoms with Crippen LogP contribution in [0.25, 0.3) is 11.3 Å². The number of rotatable bonds is 4. The number of nitrogens with one attached hydrogen (secondary N) is 1. The van der Waals surface area contributed by atoms with E-state index in [0.717, 1.165) is 24.6 Å². The van der Waals surface area contributed by atoms with Gasteiger partial charge in [-0.1, -0.05) is 43.7 Å². The second kappa shape index (κ2) is 6.00. The first-order valence-corrected chi connectivity index (χ1v) is 7.60. The van der Waals surface area contributed by atoms with Crippen LogP contribution < -0.4 is 5.32 Å². The molecule has 3 rings (SSSR count). The number of fused-ring (bicyclic) bond motifs is 1. The predicted octanol–water partition coefficient (Wildman–Crippen LogP) is 2.76. The van der Waals surface area contributed by atoms with E-state index in [4.69, 9.17) is 9.72 Å². The van der Waals surface area contributed by atoms with Gasteiger partial charge in [-0.25, -0.2) is 4.98 Å². The summed E-state index contributed by atoms with van der Waals surface area (Å²) in [6.45, 7) is 8.75. The number of nitrogens with zero attached hydrogens (tertiary/aromatic N) is 2. The minimum atomic E-state index is 0.222. The zero-order chi connectivity index (χ0) is 14.8. The van der Waals surface area contributed by atoms with Crippen LogP contribution in [0.4, 0.5) is 0 Å². The molecule has 0 aliphatic carbocycles. The number of aryl methyl sites for hydroxylation is 1. The molecule has 0 bridgehead atoms. The summed E-state index contributed by atoms with van der Waals surface area (Å²) in [5, 5.41) is 3.43. The van der Waals surface area contributed by atoms with Crippen LogP contribution in [0, 0.1) is 6.92 Å². The molecule has 21 heavy (non-hydrogen) atoms. The second-order valence-electron chi connectivity index (χ2n) is 6.06. The Morgan fingerprint density at radius 1 is 1.33 bits per heavy atom. The van der Waals surface area contributed by atoms with Gasteiger partial charge >= 0.3 is 0 Å². The van der Waals surface area contributed by atoms with Gasteiger partial charge in [-0.2, -0.15) is 0 Å². The summed E-state index contributed by atoms with van der Waals surface area (Å²) in [4.78, 5) is 4.70. The zero-order valence-electron chi connectivity index (χ0n) is 13.0. The fraction of sp³-hybridized carbons (Fsp3) is 0.471. The Labute approximate surface area is 126 Å². The summed E-state index contributed by atoms with van der Waals surface area (Å²) < 4.78 is 8.10. The van der Waals surface area contributed by atoms with E-state index in [9.17, 15) is 0 Å². The molecule has 1 N–H and O–H groups in total. The minimum Gasteiger partial charge on any atom is -0.367 e. The summed E-state index contributed by atoms with van der Waals surface area (Å²) in [6, 6.07) is 8.99. The van der Waals surface area contributed by atoms with Crippen molar-refractivity contribution in [3.8, 4) is 11.3 Å². The molecule has 1 aliphatic rings. The van der Waals surface area contributed by atoms with E-state index in [-0.39, 0.29) is 6.10 Å². The van der Waals surface area contributed by atoms with Crippen LogP contribution in [0.2, 0.25) is 0 Å². The molecule has 1 atom stereocenters. The standard InChI is InChI=1S/C17H23N3O/c1-12(2)18-8-15-9-20-10-16(19-17(20)11-21-15)14-6-4-13(3)5-7-14/h4-7,10,12,15,18H,8-9,11H2,1-3H3/t15-/m0/s1. The predicted molar refractivity (Wildman–Crippen MR) is 84.1 cm³/mol. The lowest BCUT2D eigenvalue weighted by atomic mass is 10.1. The number of hydrogen-bond acceptors (Lipinski definition) is 3. The quantitative estimate of drug-likeness (QED) is 0.939. The van der Waals surface area contributed by atoms with Gasteiger partial charge in [-0.05, 0) is 6.92 Å². The molecule has 1 aromatic heterocycles. The van der Waals surface area contributed by atoms with E-state index < -0.39 is 0 Å². The van der Waals surface area contributed by atoms with Crippen LogP contribution >= 0.6 is 0 Å². The number of aromatic nitrogens is 2. The Kier molecular flexibility index (Phi) is 4.08. The van der Waals surface area contributed by atoms with Crippen molar-refractivity contribution in [3.63, 3.8) is 0 Å². The molecule has 0 radical (unpaired) electrons. The summed E-state index contributed by atoms with van der Waals surface area (Å²) >= 11 is 0. The lowest BCUT2D eigenvalue weighted by Crippen LogP contribution is -2.38.